The molecule has 0 spiro atoms. The number of hydrogen-bond donors (Lipinski definition) is 1. The van der Waals surface area contributed by atoms with Gasteiger partial charge in [-0.15, -0.1) is 0 Å². The Labute approximate surface area is 172 Å². The third-order valence-electron chi connectivity index (χ3n) is 5.31. The van der Waals surface area contributed by atoms with Gasteiger partial charge in [-0.1, -0.05) is 0 Å². The second-order valence-electron chi connectivity index (χ2n) is 7.14. The molecule has 4 rings (SSSR count). The SMILES string of the molecule is CN(C(=O)c1ccc(C(F)F)c(F)c1)[C@@H]1COCc2[nH]c(=O)c3cc(F)c(F)cc3c21. The second-order valence-corrected chi connectivity index (χ2v) is 7.14. The molecule has 1 amide bonds. The number of fused-ring (bicyclic) bond motifs is 3. The van der Waals surface area contributed by atoms with Gasteiger partial charge < -0.3 is 14.6 Å². The van der Waals surface area contributed by atoms with E-state index in [9.17, 15) is 31.5 Å². The van der Waals surface area contributed by atoms with Gasteiger partial charge in [0.2, 0.25) is 0 Å². The number of halogens is 5. The summed E-state index contributed by atoms with van der Waals surface area (Å²) in [6, 6.07) is 3.44. The lowest BCUT2D eigenvalue weighted by molar-refractivity contribution is 0.0335. The predicted molar refractivity (Wildman–Crippen MR) is 100 cm³/mol. The van der Waals surface area contributed by atoms with Crippen molar-refractivity contribution in [1.82, 2.24) is 9.88 Å². The number of pyridine rings is 1. The number of nitrogens with zero attached hydrogens (tertiary/aromatic N) is 1. The van der Waals surface area contributed by atoms with E-state index in [0.29, 0.717) is 17.3 Å². The normalized spacial score (nSPS) is 15.9. The van der Waals surface area contributed by atoms with E-state index in [1.165, 1.54) is 11.9 Å². The monoisotopic (exact) mass is 438 g/mol. The molecule has 1 atom stereocenters. The quantitative estimate of drug-likeness (QED) is 0.623. The van der Waals surface area contributed by atoms with Crippen molar-refractivity contribution in [3.05, 3.63) is 80.5 Å². The molecule has 31 heavy (non-hydrogen) atoms. The molecule has 10 heteroatoms. The van der Waals surface area contributed by atoms with Crippen molar-refractivity contribution in [2.45, 2.75) is 19.1 Å². The van der Waals surface area contributed by atoms with Crippen molar-refractivity contribution in [3.63, 3.8) is 0 Å². The van der Waals surface area contributed by atoms with Crippen molar-refractivity contribution in [2.75, 3.05) is 13.7 Å². The molecule has 0 fully saturated rings. The van der Waals surface area contributed by atoms with E-state index < -0.39 is 46.9 Å². The molecule has 0 aliphatic carbocycles. The van der Waals surface area contributed by atoms with Crippen LogP contribution in [0.5, 0.6) is 0 Å². The van der Waals surface area contributed by atoms with Crippen LogP contribution in [-0.2, 0) is 11.3 Å². The highest BCUT2D eigenvalue weighted by molar-refractivity contribution is 5.95. The molecule has 1 aliphatic rings. The summed E-state index contributed by atoms with van der Waals surface area (Å²) in [6.45, 7) is -0.0528. The Morgan fingerprint density at radius 1 is 1.10 bits per heavy atom. The van der Waals surface area contributed by atoms with Gasteiger partial charge in [0.15, 0.2) is 11.6 Å². The van der Waals surface area contributed by atoms with E-state index in [0.717, 1.165) is 24.3 Å². The second kappa shape index (κ2) is 7.77. The molecule has 5 nitrogen and oxygen atoms in total. The highest BCUT2D eigenvalue weighted by Crippen LogP contribution is 2.34. The lowest BCUT2D eigenvalue weighted by Gasteiger charge is -2.34. The molecule has 0 bridgehead atoms. The summed E-state index contributed by atoms with van der Waals surface area (Å²) in [5, 5.41) is 0.0163. The number of nitrogens with one attached hydrogen (secondary N) is 1. The summed E-state index contributed by atoms with van der Waals surface area (Å²) >= 11 is 0. The van der Waals surface area contributed by atoms with Crippen molar-refractivity contribution >= 4 is 16.7 Å². The molecule has 2 aromatic carbocycles. The van der Waals surface area contributed by atoms with Gasteiger partial charge in [0.05, 0.1) is 30.2 Å². The summed E-state index contributed by atoms with van der Waals surface area (Å²) < 4.78 is 72.6. The molecule has 0 saturated carbocycles. The Morgan fingerprint density at radius 3 is 2.42 bits per heavy atom. The van der Waals surface area contributed by atoms with Gasteiger partial charge in [0.25, 0.3) is 17.9 Å². The molecule has 162 valence electrons. The van der Waals surface area contributed by atoms with E-state index >= 15 is 0 Å². The summed E-state index contributed by atoms with van der Waals surface area (Å²) in [4.78, 5) is 28.9. The molecular formula is C21H15F5N2O3. The summed E-state index contributed by atoms with van der Waals surface area (Å²) in [5.74, 6) is -4.28. The molecule has 1 aromatic heterocycles. The minimum atomic E-state index is -3.03. The fourth-order valence-corrected chi connectivity index (χ4v) is 3.73. The summed E-state index contributed by atoms with van der Waals surface area (Å²) in [5.41, 5.74) is -0.997. The first-order valence-corrected chi connectivity index (χ1v) is 9.15. The first kappa shape index (κ1) is 21.0. The number of H-pyrrole nitrogens is 1. The molecule has 0 unspecified atom stereocenters. The van der Waals surface area contributed by atoms with Crippen LogP contribution in [0.15, 0.2) is 35.1 Å². The Morgan fingerprint density at radius 2 is 1.77 bits per heavy atom. The first-order chi connectivity index (χ1) is 14.7. The minimum absolute atomic E-state index is 0.0181. The topological polar surface area (TPSA) is 62.4 Å². The van der Waals surface area contributed by atoms with Gasteiger partial charge in [-0.05, 0) is 35.7 Å². The van der Waals surface area contributed by atoms with Gasteiger partial charge in [0.1, 0.15) is 5.82 Å². The van der Waals surface area contributed by atoms with Gasteiger partial charge in [0, 0.05) is 23.9 Å². The molecule has 0 saturated heterocycles. The van der Waals surface area contributed by atoms with Crippen LogP contribution in [0.3, 0.4) is 0 Å². The van der Waals surface area contributed by atoms with Gasteiger partial charge in [-0.3, -0.25) is 9.59 Å². The van der Waals surface area contributed by atoms with Crippen LogP contribution >= 0.6 is 0 Å². The number of carbonyl (C=O) groups is 1. The smallest absolute Gasteiger partial charge is 0.266 e. The lowest BCUT2D eigenvalue weighted by Crippen LogP contribution is -2.37. The number of aromatic nitrogens is 1. The Bertz CT molecular complexity index is 1260. The number of rotatable bonds is 3. The number of carbonyl (C=O) groups excluding carboxylic acids is 1. The Kier molecular flexibility index (Phi) is 5.26. The summed E-state index contributed by atoms with van der Waals surface area (Å²) in [7, 11) is 1.38. The summed E-state index contributed by atoms with van der Waals surface area (Å²) in [6.07, 6.45) is -3.03. The number of aromatic amines is 1. The predicted octanol–water partition coefficient (Wildman–Crippen LogP) is 4.23. The number of ether oxygens (including phenoxy) is 1. The largest absolute Gasteiger partial charge is 0.373 e. The van der Waals surface area contributed by atoms with E-state index in [1.807, 2.05) is 0 Å². The van der Waals surface area contributed by atoms with E-state index in [1.54, 1.807) is 0 Å². The lowest BCUT2D eigenvalue weighted by atomic mass is 9.95. The molecule has 1 N–H and O–H groups in total. The highest BCUT2D eigenvalue weighted by Gasteiger charge is 2.32. The van der Waals surface area contributed by atoms with E-state index in [4.69, 9.17) is 4.74 Å². The number of hydrogen-bond acceptors (Lipinski definition) is 3. The van der Waals surface area contributed by atoms with Crippen molar-refractivity contribution in [1.29, 1.82) is 0 Å². The zero-order valence-electron chi connectivity index (χ0n) is 16.0. The van der Waals surface area contributed by atoms with Crippen LogP contribution in [0.2, 0.25) is 0 Å². The zero-order chi connectivity index (χ0) is 22.4. The maximum Gasteiger partial charge on any atom is 0.266 e. The van der Waals surface area contributed by atoms with Crippen LogP contribution in [0.25, 0.3) is 10.8 Å². The fraction of sp³-hybridized carbons (Fsp3) is 0.238. The van der Waals surface area contributed by atoms with E-state index in [2.05, 4.69) is 4.98 Å². The Hall–Kier alpha value is -3.27. The number of likely N-dealkylation sites (N-methyl/N-ethyl adjacent to an activating group) is 1. The molecule has 0 radical (unpaired) electrons. The maximum absolute atomic E-state index is 13.9. The Balaban J connectivity index is 1.79. The third-order valence-corrected chi connectivity index (χ3v) is 5.31. The van der Waals surface area contributed by atoms with Crippen LogP contribution in [0, 0.1) is 17.5 Å². The minimum Gasteiger partial charge on any atom is -0.373 e. The number of amides is 1. The van der Waals surface area contributed by atoms with Crippen LogP contribution in [0.4, 0.5) is 22.0 Å². The number of alkyl halides is 2. The zero-order valence-corrected chi connectivity index (χ0v) is 16.0. The van der Waals surface area contributed by atoms with E-state index in [-0.39, 0.29) is 29.5 Å². The average molecular weight is 438 g/mol. The molecule has 1 aliphatic heterocycles. The third kappa shape index (κ3) is 3.56. The van der Waals surface area contributed by atoms with Crippen molar-refractivity contribution in [2.24, 2.45) is 0 Å². The van der Waals surface area contributed by atoms with Gasteiger partial charge in [-0.25, -0.2) is 22.0 Å². The molecular weight excluding hydrogens is 423 g/mol. The van der Waals surface area contributed by atoms with Crippen LogP contribution in [-0.4, -0.2) is 29.4 Å². The van der Waals surface area contributed by atoms with Crippen LogP contribution < -0.4 is 5.56 Å². The highest BCUT2D eigenvalue weighted by atomic mass is 19.3. The number of benzene rings is 2. The van der Waals surface area contributed by atoms with Crippen LogP contribution in [0.1, 0.15) is 39.6 Å². The molecule has 2 heterocycles. The fourth-order valence-electron chi connectivity index (χ4n) is 3.73. The molecule has 3 aromatic rings. The van der Waals surface area contributed by atoms with Gasteiger partial charge in [-0.2, -0.15) is 0 Å². The first-order valence-electron chi connectivity index (χ1n) is 9.15. The average Bonchev–Trinajstić information content (AvgIpc) is 2.73. The van der Waals surface area contributed by atoms with Gasteiger partial charge >= 0.3 is 0 Å². The maximum atomic E-state index is 13.9. The van der Waals surface area contributed by atoms with Crippen molar-refractivity contribution in [3.8, 4) is 0 Å². The van der Waals surface area contributed by atoms with Crippen molar-refractivity contribution < 1.29 is 31.5 Å². The standard InChI is InChI=1S/C21H15F5N2O3/c1-28(21(30)9-2-3-10(19(25)26)13(22)4-9)17-8-31-7-16-18(17)11-5-14(23)15(24)6-12(11)20(29)27-16/h2-6,17,19H,7-8H2,1H3,(H,27,29)/t17-/m1/s1.